The van der Waals surface area contributed by atoms with E-state index in [1.807, 2.05) is 24.3 Å². The molecular weight excluding hydrogens is 280 g/mol. The minimum Gasteiger partial charge on any atom is -0.550 e. The molecule has 2 rings (SSSR count). The molecule has 0 unspecified atom stereocenters. The van der Waals surface area contributed by atoms with E-state index in [0.717, 1.165) is 13.0 Å². The van der Waals surface area contributed by atoms with Crippen molar-refractivity contribution in [2.45, 2.75) is 51.5 Å². The number of aliphatic carboxylic acids is 1. The van der Waals surface area contributed by atoms with E-state index >= 15 is 0 Å². The number of carbonyl (C=O) groups excluding carboxylic acids is 2. The highest BCUT2D eigenvalue weighted by Crippen LogP contribution is 2.27. The van der Waals surface area contributed by atoms with Crippen LogP contribution in [0.25, 0.3) is 0 Å². The SMILES string of the molecule is CC[C@H]1CCCCN1c1ccc(NC(=O)CCC(=O)[O-])cc1. The minimum absolute atomic E-state index is 0.0614. The van der Waals surface area contributed by atoms with Crippen molar-refractivity contribution in [1.82, 2.24) is 0 Å². The van der Waals surface area contributed by atoms with Gasteiger partial charge >= 0.3 is 0 Å². The van der Waals surface area contributed by atoms with Crippen LogP contribution in [0.1, 0.15) is 45.4 Å². The molecule has 22 heavy (non-hydrogen) atoms. The highest BCUT2D eigenvalue weighted by atomic mass is 16.4. The number of hydrogen-bond acceptors (Lipinski definition) is 4. The summed E-state index contributed by atoms with van der Waals surface area (Å²) in [7, 11) is 0. The predicted octanol–water partition coefficient (Wildman–Crippen LogP) is 1.92. The number of anilines is 2. The first kappa shape index (κ1) is 16.3. The monoisotopic (exact) mass is 303 g/mol. The summed E-state index contributed by atoms with van der Waals surface area (Å²) in [6.45, 7) is 3.30. The maximum absolute atomic E-state index is 11.6. The molecule has 5 heteroatoms. The Morgan fingerprint density at radius 1 is 1.23 bits per heavy atom. The molecule has 0 aliphatic carbocycles. The molecule has 0 saturated carbocycles. The van der Waals surface area contributed by atoms with Gasteiger partial charge in [0, 0.05) is 36.4 Å². The topological polar surface area (TPSA) is 72.5 Å². The Balaban J connectivity index is 1.94. The number of benzene rings is 1. The van der Waals surface area contributed by atoms with E-state index in [1.165, 1.54) is 24.9 Å². The second-order valence-corrected chi connectivity index (χ2v) is 5.72. The minimum atomic E-state index is -1.21. The third kappa shape index (κ3) is 4.48. The van der Waals surface area contributed by atoms with Gasteiger partial charge in [-0.3, -0.25) is 4.79 Å². The van der Waals surface area contributed by atoms with E-state index < -0.39 is 5.97 Å². The van der Waals surface area contributed by atoms with Crippen LogP contribution in [0, 0.1) is 0 Å². The molecule has 0 bridgehead atoms. The van der Waals surface area contributed by atoms with Gasteiger partial charge in [-0.2, -0.15) is 0 Å². The first-order chi connectivity index (χ1) is 10.6. The van der Waals surface area contributed by atoms with E-state index in [9.17, 15) is 14.7 Å². The van der Waals surface area contributed by atoms with Crippen LogP contribution < -0.4 is 15.3 Å². The summed E-state index contributed by atoms with van der Waals surface area (Å²) in [5, 5.41) is 13.0. The molecule has 120 valence electrons. The number of nitrogens with one attached hydrogen (secondary N) is 1. The summed E-state index contributed by atoms with van der Waals surface area (Å²) in [4.78, 5) is 24.4. The van der Waals surface area contributed by atoms with Gasteiger partial charge in [-0.25, -0.2) is 0 Å². The zero-order valence-electron chi connectivity index (χ0n) is 13.0. The standard InChI is InChI=1S/C17H24N2O3/c1-2-14-5-3-4-12-19(14)15-8-6-13(7-9-15)18-16(20)10-11-17(21)22/h6-9,14H,2-5,10-12H2,1H3,(H,18,20)(H,21,22)/p-1/t14-/m0/s1. The van der Waals surface area contributed by atoms with E-state index in [-0.39, 0.29) is 18.7 Å². The smallest absolute Gasteiger partial charge is 0.224 e. The van der Waals surface area contributed by atoms with Gasteiger partial charge in [0.1, 0.15) is 0 Å². The molecule has 1 atom stereocenters. The van der Waals surface area contributed by atoms with Crippen LogP contribution in [-0.4, -0.2) is 24.5 Å². The van der Waals surface area contributed by atoms with Gasteiger partial charge in [0.15, 0.2) is 0 Å². The molecule has 1 aliphatic rings. The van der Waals surface area contributed by atoms with E-state index in [1.54, 1.807) is 0 Å². The second-order valence-electron chi connectivity index (χ2n) is 5.72. The normalized spacial score (nSPS) is 18.0. The predicted molar refractivity (Wildman–Crippen MR) is 84.6 cm³/mol. The molecule has 0 spiro atoms. The molecule has 0 aromatic heterocycles. The van der Waals surface area contributed by atoms with E-state index in [2.05, 4.69) is 17.1 Å². The van der Waals surface area contributed by atoms with Gasteiger partial charge in [-0.15, -0.1) is 0 Å². The molecule has 0 radical (unpaired) electrons. The number of carbonyl (C=O) groups is 2. The molecule has 1 aliphatic heterocycles. The summed E-state index contributed by atoms with van der Waals surface area (Å²) in [5.74, 6) is -1.51. The number of carboxylic acid groups (broad SMARTS) is 1. The molecular formula is C17H23N2O3-. The van der Waals surface area contributed by atoms with Gasteiger partial charge in [0.05, 0.1) is 0 Å². The highest BCUT2D eigenvalue weighted by Gasteiger charge is 2.20. The largest absolute Gasteiger partial charge is 0.550 e. The lowest BCUT2D eigenvalue weighted by Gasteiger charge is -2.37. The molecule has 1 saturated heterocycles. The van der Waals surface area contributed by atoms with Crippen molar-refractivity contribution in [3.63, 3.8) is 0 Å². The third-order valence-corrected chi connectivity index (χ3v) is 4.14. The number of nitrogens with zero attached hydrogens (tertiary/aromatic N) is 1. The fourth-order valence-corrected chi connectivity index (χ4v) is 2.94. The van der Waals surface area contributed by atoms with Crippen molar-refractivity contribution in [3.8, 4) is 0 Å². The van der Waals surface area contributed by atoms with Gasteiger partial charge in [0.25, 0.3) is 0 Å². The Kier molecular flexibility index (Phi) is 5.81. The average Bonchev–Trinajstić information content (AvgIpc) is 2.53. The average molecular weight is 303 g/mol. The van der Waals surface area contributed by atoms with Crippen molar-refractivity contribution in [1.29, 1.82) is 0 Å². The van der Waals surface area contributed by atoms with Crippen LogP contribution in [0.2, 0.25) is 0 Å². The van der Waals surface area contributed by atoms with Crippen molar-refractivity contribution >= 4 is 23.3 Å². The molecule has 1 aromatic carbocycles. The van der Waals surface area contributed by atoms with Crippen LogP contribution in [0.5, 0.6) is 0 Å². The van der Waals surface area contributed by atoms with Gasteiger partial charge in [-0.05, 0) is 56.4 Å². The van der Waals surface area contributed by atoms with Crippen LogP contribution in [-0.2, 0) is 9.59 Å². The lowest BCUT2D eigenvalue weighted by atomic mass is 9.99. The van der Waals surface area contributed by atoms with Crippen molar-refractivity contribution in [2.24, 2.45) is 0 Å². The van der Waals surface area contributed by atoms with Crippen molar-refractivity contribution in [2.75, 3.05) is 16.8 Å². The van der Waals surface area contributed by atoms with Gasteiger partial charge in [-0.1, -0.05) is 6.92 Å². The first-order valence-electron chi connectivity index (χ1n) is 7.96. The zero-order chi connectivity index (χ0) is 15.9. The fourth-order valence-electron chi connectivity index (χ4n) is 2.94. The van der Waals surface area contributed by atoms with Crippen LogP contribution in [0.3, 0.4) is 0 Å². The lowest BCUT2D eigenvalue weighted by Crippen LogP contribution is -2.39. The van der Waals surface area contributed by atoms with Crippen LogP contribution in [0.15, 0.2) is 24.3 Å². The summed E-state index contributed by atoms with van der Waals surface area (Å²) >= 11 is 0. The summed E-state index contributed by atoms with van der Waals surface area (Å²) < 4.78 is 0. The number of hydrogen-bond donors (Lipinski definition) is 1. The Morgan fingerprint density at radius 2 is 1.95 bits per heavy atom. The zero-order valence-corrected chi connectivity index (χ0v) is 13.0. The summed E-state index contributed by atoms with van der Waals surface area (Å²) in [6, 6.07) is 8.36. The number of amides is 1. The van der Waals surface area contributed by atoms with Gasteiger partial charge < -0.3 is 20.1 Å². The first-order valence-corrected chi connectivity index (χ1v) is 7.96. The highest BCUT2D eigenvalue weighted by molar-refractivity contribution is 5.92. The molecule has 1 N–H and O–H groups in total. The Bertz CT molecular complexity index is 513. The number of carboxylic acids is 1. The summed E-state index contributed by atoms with van der Waals surface area (Å²) in [6.07, 6.45) is 4.57. The van der Waals surface area contributed by atoms with Crippen molar-refractivity contribution < 1.29 is 14.7 Å². The Hall–Kier alpha value is -2.04. The van der Waals surface area contributed by atoms with E-state index in [4.69, 9.17) is 0 Å². The number of piperidine rings is 1. The maximum Gasteiger partial charge on any atom is 0.224 e. The van der Waals surface area contributed by atoms with Crippen LogP contribution >= 0.6 is 0 Å². The molecule has 1 aromatic rings. The molecule has 5 nitrogen and oxygen atoms in total. The molecule has 1 fully saturated rings. The number of rotatable bonds is 6. The van der Waals surface area contributed by atoms with E-state index in [0.29, 0.717) is 11.7 Å². The summed E-state index contributed by atoms with van der Waals surface area (Å²) in [5.41, 5.74) is 1.87. The molecule has 1 amide bonds. The fraction of sp³-hybridized carbons (Fsp3) is 0.529. The third-order valence-electron chi connectivity index (χ3n) is 4.14. The van der Waals surface area contributed by atoms with Gasteiger partial charge in [0.2, 0.25) is 5.91 Å². The Labute approximate surface area is 131 Å². The Morgan fingerprint density at radius 3 is 2.59 bits per heavy atom. The second kappa shape index (κ2) is 7.82. The lowest BCUT2D eigenvalue weighted by molar-refractivity contribution is -0.305. The van der Waals surface area contributed by atoms with Crippen LogP contribution in [0.4, 0.5) is 11.4 Å². The quantitative estimate of drug-likeness (QED) is 0.871. The van der Waals surface area contributed by atoms with Crippen molar-refractivity contribution in [3.05, 3.63) is 24.3 Å². The maximum atomic E-state index is 11.6. The molecule has 1 heterocycles.